The average Bonchev–Trinajstić information content (AvgIpc) is 3.50. The predicted molar refractivity (Wildman–Crippen MR) is 146 cm³/mol. The third-order valence-corrected chi connectivity index (χ3v) is 8.52. The number of anilines is 1. The third kappa shape index (κ3) is 4.46. The van der Waals surface area contributed by atoms with E-state index in [0.717, 1.165) is 51.4 Å². The monoisotopic (exact) mass is 562 g/mol. The van der Waals surface area contributed by atoms with Gasteiger partial charge < -0.3 is 29.2 Å². The number of hydrogen-bond donors (Lipinski definition) is 2. The fraction of sp³-hybridized carbons (Fsp3) is 0.448. The van der Waals surface area contributed by atoms with Crippen molar-refractivity contribution in [3.8, 4) is 5.75 Å². The lowest BCUT2D eigenvalue weighted by Gasteiger charge is -2.34. The minimum Gasteiger partial charge on any atom is -0.490 e. The number of halogens is 1. The molecule has 2 aromatic heterocycles. The summed E-state index contributed by atoms with van der Waals surface area (Å²) < 4.78 is 27.1. The highest BCUT2D eigenvalue weighted by molar-refractivity contribution is 6.08. The molecule has 1 atom stereocenters. The Morgan fingerprint density at radius 3 is 2.63 bits per heavy atom. The number of likely N-dealkylation sites (N-methyl/N-ethyl adjacent to an activating group) is 1. The number of amides is 4. The third-order valence-electron chi connectivity index (χ3n) is 8.52. The molecular weight excluding hydrogens is 531 g/mol. The van der Waals surface area contributed by atoms with E-state index in [1.807, 2.05) is 6.07 Å². The molecule has 3 aromatic rings. The summed E-state index contributed by atoms with van der Waals surface area (Å²) >= 11 is 0. The highest BCUT2D eigenvalue weighted by atomic mass is 19.1. The Kier molecular flexibility index (Phi) is 6.11. The molecule has 3 fully saturated rings. The first-order valence-corrected chi connectivity index (χ1v) is 14.1. The number of nitrogens with one attached hydrogen (secondary N) is 2. The fourth-order valence-electron chi connectivity index (χ4n) is 5.86. The van der Waals surface area contributed by atoms with Gasteiger partial charge in [-0.3, -0.25) is 14.9 Å². The number of hydrogen-bond acceptors (Lipinski definition) is 8. The van der Waals surface area contributed by atoms with E-state index in [1.54, 1.807) is 18.2 Å². The van der Waals surface area contributed by atoms with Crippen LogP contribution in [0.25, 0.3) is 11.1 Å². The van der Waals surface area contributed by atoms with Gasteiger partial charge in [0, 0.05) is 38.8 Å². The molecule has 7 rings (SSSR count). The summed E-state index contributed by atoms with van der Waals surface area (Å²) in [5.74, 6) is -0.517. The summed E-state index contributed by atoms with van der Waals surface area (Å²) in [6.07, 6.45) is 2.12. The molecule has 5 heterocycles. The summed E-state index contributed by atoms with van der Waals surface area (Å²) in [7, 11) is 0. The molecular formula is C29H31FN6O5. The van der Waals surface area contributed by atoms with Gasteiger partial charge in [0.2, 0.25) is 0 Å². The standard InChI is InChI=1S/C29H31FN6O5/c1-2-34-9-11-35(12-10-34)23-8-7-20-19(31-23)13-22(41-20)29(27(38)32-28(39)33-29)16-36-14-18-5-6-21(40-15-17-3-4-17)25(30)24(18)26(36)37/h5-8,13,17H,2-4,9-12,14-16H2,1H3,(H2,32,33,38,39)/t29-/m0/s1. The van der Waals surface area contributed by atoms with Crippen LogP contribution in [0.2, 0.25) is 0 Å². The minimum atomic E-state index is -1.70. The maximum absolute atomic E-state index is 15.4. The Bertz CT molecular complexity index is 1560. The van der Waals surface area contributed by atoms with Crippen molar-refractivity contribution < 1.29 is 27.9 Å². The van der Waals surface area contributed by atoms with E-state index in [1.165, 1.54) is 11.0 Å². The van der Waals surface area contributed by atoms with Gasteiger partial charge in [0.05, 0.1) is 18.7 Å². The van der Waals surface area contributed by atoms with Crippen molar-refractivity contribution in [2.45, 2.75) is 31.8 Å². The zero-order chi connectivity index (χ0) is 28.3. The Labute approximate surface area is 235 Å². The lowest BCUT2D eigenvalue weighted by Crippen LogP contribution is -2.52. The van der Waals surface area contributed by atoms with E-state index >= 15 is 4.39 Å². The molecule has 4 amide bonds. The van der Waals surface area contributed by atoms with Crippen molar-refractivity contribution in [1.82, 2.24) is 25.4 Å². The Morgan fingerprint density at radius 1 is 1.12 bits per heavy atom. The number of benzene rings is 1. The van der Waals surface area contributed by atoms with E-state index in [-0.39, 0.29) is 30.2 Å². The molecule has 0 spiro atoms. The Hall–Kier alpha value is -4.19. The lowest BCUT2D eigenvalue weighted by molar-refractivity contribution is -0.125. The zero-order valence-electron chi connectivity index (χ0n) is 22.7. The van der Waals surface area contributed by atoms with Crippen molar-refractivity contribution in [1.29, 1.82) is 0 Å². The molecule has 4 aliphatic rings. The van der Waals surface area contributed by atoms with Crippen molar-refractivity contribution in [3.63, 3.8) is 0 Å². The molecule has 41 heavy (non-hydrogen) atoms. The van der Waals surface area contributed by atoms with Gasteiger partial charge in [-0.25, -0.2) is 14.2 Å². The van der Waals surface area contributed by atoms with E-state index < -0.39 is 29.2 Å². The van der Waals surface area contributed by atoms with E-state index in [0.29, 0.717) is 29.2 Å². The van der Waals surface area contributed by atoms with Gasteiger partial charge >= 0.3 is 6.03 Å². The van der Waals surface area contributed by atoms with Gasteiger partial charge in [0.15, 0.2) is 22.7 Å². The highest BCUT2D eigenvalue weighted by Gasteiger charge is 2.53. The molecule has 2 saturated heterocycles. The molecule has 2 N–H and O–H groups in total. The highest BCUT2D eigenvalue weighted by Crippen LogP contribution is 2.37. The number of furan rings is 1. The number of piperazine rings is 1. The number of ether oxygens (including phenoxy) is 1. The minimum absolute atomic E-state index is 0.0442. The van der Waals surface area contributed by atoms with Crippen LogP contribution in [-0.2, 0) is 16.9 Å². The van der Waals surface area contributed by atoms with Crippen molar-refractivity contribution in [3.05, 3.63) is 53.0 Å². The second-order valence-electron chi connectivity index (χ2n) is 11.2. The van der Waals surface area contributed by atoms with Crippen LogP contribution in [0.4, 0.5) is 15.0 Å². The SMILES string of the molecule is CCN1CCN(c2ccc3oc([C@]4(CN5Cc6ccc(OCC7CC7)c(F)c6C5=O)NC(=O)NC4=O)cc3n2)CC1. The lowest BCUT2D eigenvalue weighted by atomic mass is 9.95. The molecule has 1 aliphatic carbocycles. The van der Waals surface area contributed by atoms with Crippen LogP contribution in [0.5, 0.6) is 5.75 Å². The first kappa shape index (κ1) is 25.8. The molecule has 1 saturated carbocycles. The quantitative estimate of drug-likeness (QED) is 0.402. The molecule has 11 nitrogen and oxygen atoms in total. The molecule has 12 heteroatoms. The molecule has 1 aromatic carbocycles. The molecule has 214 valence electrons. The van der Waals surface area contributed by atoms with Crippen LogP contribution in [0.1, 0.15) is 41.4 Å². The van der Waals surface area contributed by atoms with Crippen molar-refractivity contribution >= 4 is 34.8 Å². The number of aromatic nitrogens is 1. The van der Waals surface area contributed by atoms with Crippen LogP contribution in [0.15, 0.2) is 34.7 Å². The average molecular weight is 563 g/mol. The van der Waals surface area contributed by atoms with Crippen molar-refractivity contribution in [2.24, 2.45) is 5.92 Å². The summed E-state index contributed by atoms with van der Waals surface area (Å²) in [5, 5.41) is 4.95. The second-order valence-corrected chi connectivity index (χ2v) is 11.2. The molecule has 0 unspecified atom stereocenters. The number of rotatable bonds is 8. The van der Waals surface area contributed by atoms with Crippen LogP contribution in [0, 0.1) is 11.7 Å². The largest absolute Gasteiger partial charge is 0.490 e. The number of carbonyl (C=O) groups excluding carboxylic acids is 3. The predicted octanol–water partition coefficient (Wildman–Crippen LogP) is 2.59. The second kappa shape index (κ2) is 9.72. The van der Waals surface area contributed by atoms with Crippen LogP contribution in [0.3, 0.4) is 0 Å². The number of pyridine rings is 1. The van der Waals surface area contributed by atoms with Gasteiger partial charge in [0.1, 0.15) is 17.1 Å². The van der Waals surface area contributed by atoms with E-state index in [2.05, 4.69) is 27.4 Å². The number of urea groups is 1. The Balaban J connectivity index is 1.17. The van der Waals surface area contributed by atoms with E-state index in [4.69, 9.17) is 14.1 Å². The summed E-state index contributed by atoms with van der Waals surface area (Å²) in [6.45, 7) is 6.99. The number of imide groups is 1. The normalized spacial score (nSPS) is 22.8. The van der Waals surface area contributed by atoms with Crippen LogP contribution in [-0.4, -0.2) is 78.5 Å². The van der Waals surface area contributed by atoms with E-state index in [9.17, 15) is 14.4 Å². The number of nitrogens with zero attached hydrogens (tertiary/aromatic N) is 4. The smallest absolute Gasteiger partial charge is 0.322 e. The fourth-order valence-corrected chi connectivity index (χ4v) is 5.86. The van der Waals surface area contributed by atoms with Gasteiger partial charge in [-0.15, -0.1) is 0 Å². The van der Waals surface area contributed by atoms with Gasteiger partial charge in [-0.2, -0.15) is 0 Å². The van der Waals surface area contributed by atoms with Crippen LogP contribution >= 0.6 is 0 Å². The molecule has 3 aliphatic heterocycles. The maximum Gasteiger partial charge on any atom is 0.322 e. The van der Waals surface area contributed by atoms with Gasteiger partial charge in [-0.1, -0.05) is 13.0 Å². The summed E-state index contributed by atoms with van der Waals surface area (Å²) in [6, 6.07) is 7.81. The summed E-state index contributed by atoms with van der Waals surface area (Å²) in [5.41, 5.74) is -0.306. The first-order chi connectivity index (χ1) is 19.8. The maximum atomic E-state index is 15.4. The topological polar surface area (TPSA) is 120 Å². The first-order valence-electron chi connectivity index (χ1n) is 14.1. The molecule has 0 bridgehead atoms. The molecule has 0 radical (unpaired) electrons. The van der Waals surface area contributed by atoms with Gasteiger partial charge in [-0.05, 0) is 49.1 Å². The Morgan fingerprint density at radius 2 is 1.93 bits per heavy atom. The number of fused-ring (bicyclic) bond motifs is 2. The number of carbonyl (C=O) groups is 3. The summed E-state index contributed by atoms with van der Waals surface area (Å²) in [4.78, 5) is 49.8. The van der Waals surface area contributed by atoms with Crippen molar-refractivity contribution in [2.75, 3.05) is 50.8 Å². The van der Waals surface area contributed by atoms with Gasteiger partial charge in [0.25, 0.3) is 11.8 Å². The van der Waals surface area contributed by atoms with Crippen LogP contribution < -0.4 is 20.3 Å². The zero-order valence-corrected chi connectivity index (χ0v) is 22.7.